The third kappa shape index (κ3) is 4.02. The first kappa shape index (κ1) is 20.6. The number of aromatic nitrogens is 2. The molecule has 3 aliphatic rings. The highest BCUT2D eigenvalue weighted by atomic mass is 79.9. The van der Waals surface area contributed by atoms with Gasteiger partial charge in [-0.1, -0.05) is 51.1 Å². The summed E-state index contributed by atoms with van der Waals surface area (Å²) in [4.78, 5) is 12.7. The molecule has 2 aromatic rings. The summed E-state index contributed by atoms with van der Waals surface area (Å²) >= 11 is 3.50. The number of rotatable bonds is 7. The molecule has 1 heterocycles. The molecule has 0 spiro atoms. The van der Waals surface area contributed by atoms with E-state index in [-0.39, 0.29) is 5.56 Å². The number of halogens is 1. The molecule has 5 nitrogen and oxygen atoms in total. The number of ether oxygens (including phenoxy) is 1. The lowest BCUT2D eigenvalue weighted by atomic mass is 9.45. The minimum absolute atomic E-state index is 0.118. The lowest BCUT2D eigenvalue weighted by Gasteiger charge is -2.62. The van der Waals surface area contributed by atoms with Crippen molar-refractivity contribution in [2.75, 3.05) is 11.9 Å². The average Bonchev–Trinajstić information content (AvgIpc) is 2.71. The quantitative estimate of drug-likeness (QED) is 0.609. The molecule has 0 saturated heterocycles. The Morgan fingerprint density at radius 1 is 1.28 bits per heavy atom. The Kier molecular flexibility index (Phi) is 5.85. The Hall–Kier alpha value is -1.66. The van der Waals surface area contributed by atoms with Gasteiger partial charge in [0.2, 0.25) is 0 Å². The Morgan fingerprint density at radius 2 is 2.03 bits per heavy atom. The number of hydrogen-bond donors (Lipinski definition) is 1. The smallest absolute Gasteiger partial charge is 0.283 e. The van der Waals surface area contributed by atoms with Crippen molar-refractivity contribution in [2.45, 2.75) is 52.8 Å². The molecule has 0 radical (unpaired) electrons. The molecule has 1 aromatic heterocycles. The van der Waals surface area contributed by atoms with Gasteiger partial charge in [-0.25, -0.2) is 4.68 Å². The largest absolute Gasteiger partial charge is 0.380 e. The van der Waals surface area contributed by atoms with Gasteiger partial charge in [0.05, 0.1) is 31.6 Å². The average molecular weight is 460 g/mol. The number of hydrogen-bond acceptors (Lipinski definition) is 4. The van der Waals surface area contributed by atoms with Gasteiger partial charge in [-0.05, 0) is 57.5 Å². The molecule has 1 aromatic carbocycles. The van der Waals surface area contributed by atoms with Gasteiger partial charge in [-0.2, -0.15) is 5.10 Å². The zero-order valence-electron chi connectivity index (χ0n) is 17.4. The molecule has 0 amide bonds. The maximum Gasteiger partial charge on any atom is 0.283 e. The summed E-state index contributed by atoms with van der Waals surface area (Å²) in [6.07, 6.45) is 4.27. The molecule has 156 valence electrons. The van der Waals surface area contributed by atoms with Gasteiger partial charge < -0.3 is 10.1 Å². The van der Waals surface area contributed by atoms with Gasteiger partial charge in [0.25, 0.3) is 5.56 Å². The molecule has 0 unspecified atom stereocenters. The first-order valence-electron chi connectivity index (χ1n) is 10.5. The predicted octanol–water partition coefficient (Wildman–Crippen LogP) is 4.71. The Bertz CT molecular complexity index is 912. The second kappa shape index (κ2) is 8.23. The SMILES string of the molecule is C[C@H]1[C@H](Nc2cnn(CCOCc3ccccc3)c(=O)c2Br)C[C@H]2C[C@@H]1C2(C)C. The van der Waals surface area contributed by atoms with E-state index in [9.17, 15) is 4.79 Å². The van der Waals surface area contributed by atoms with Gasteiger partial charge in [0.15, 0.2) is 0 Å². The fraction of sp³-hybridized carbons (Fsp3) is 0.565. The van der Waals surface area contributed by atoms with Crippen molar-refractivity contribution in [2.24, 2.45) is 23.2 Å². The molecule has 5 rings (SSSR count). The van der Waals surface area contributed by atoms with Crippen molar-refractivity contribution in [3.63, 3.8) is 0 Å². The van der Waals surface area contributed by atoms with Crippen LogP contribution in [0.3, 0.4) is 0 Å². The minimum Gasteiger partial charge on any atom is -0.380 e. The van der Waals surface area contributed by atoms with Crippen LogP contribution in [0.1, 0.15) is 39.2 Å². The Morgan fingerprint density at radius 3 is 2.72 bits per heavy atom. The summed E-state index contributed by atoms with van der Waals surface area (Å²) in [6, 6.07) is 10.4. The lowest BCUT2D eigenvalue weighted by molar-refractivity contribution is -0.105. The number of nitrogens with zero attached hydrogens (tertiary/aromatic N) is 2. The topological polar surface area (TPSA) is 56.1 Å². The highest BCUT2D eigenvalue weighted by Crippen LogP contribution is 2.61. The summed E-state index contributed by atoms with van der Waals surface area (Å²) in [6.45, 7) is 8.55. The molecular weight excluding hydrogens is 430 g/mol. The fourth-order valence-electron chi connectivity index (χ4n) is 5.18. The van der Waals surface area contributed by atoms with Gasteiger partial charge in [-0.15, -0.1) is 0 Å². The number of benzene rings is 1. The highest BCUT2D eigenvalue weighted by Gasteiger charge is 2.56. The summed E-state index contributed by atoms with van der Waals surface area (Å²) in [5, 5.41) is 7.97. The Balaban J connectivity index is 1.35. The summed E-state index contributed by atoms with van der Waals surface area (Å²) in [7, 11) is 0. The van der Waals surface area contributed by atoms with Crippen LogP contribution in [0.4, 0.5) is 5.69 Å². The molecule has 4 atom stereocenters. The number of anilines is 1. The van der Waals surface area contributed by atoms with E-state index in [1.165, 1.54) is 11.1 Å². The molecule has 6 heteroatoms. The predicted molar refractivity (Wildman–Crippen MR) is 119 cm³/mol. The monoisotopic (exact) mass is 459 g/mol. The van der Waals surface area contributed by atoms with Crippen LogP contribution >= 0.6 is 15.9 Å². The zero-order chi connectivity index (χ0) is 20.6. The highest BCUT2D eigenvalue weighted by molar-refractivity contribution is 9.10. The molecule has 0 aliphatic heterocycles. The number of fused-ring (bicyclic) bond motifs is 2. The van der Waals surface area contributed by atoms with Crippen molar-refractivity contribution in [1.29, 1.82) is 0 Å². The van der Waals surface area contributed by atoms with Gasteiger partial charge in [0.1, 0.15) is 4.47 Å². The first-order chi connectivity index (χ1) is 13.9. The van der Waals surface area contributed by atoms with Crippen LogP contribution in [0.5, 0.6) is 0 Å². The standard InChI is InChI=1S/C23H30BrN3O2/c1-15-18-11-17(23(18,2)3)12-19(15)26-20-13-25-27(22(28)21(20)24)9-10-29-14-16-7-5-4-6-8-16/h4-8,13,15,17-19,26H,9-12,14H2,1-3H3/t15-,17-,18+,19-/m1/s1. The van der Waals surface area contributed by atoms with Crippen molar-refractivity contribution < 1.29 is 4.74 Å². The van der Waals surface area contributed by atoms with E-state index in [0.29, 0.717) is 41.6 Å². The van der Waals surface area contributed by atoms with Crippen LogP contribution in [0.15, 0.2) is 45.8 Å². The normalized spacial score (nSPS) is 27.3. The van der Waals surface area contributed by atoms with E-state index >= 15 is 0 Å². The van der Waals surface area contributed by atoms with E-state index in [2.05, 4.69) is 47.1 Å². The van der Waals surface area contributed by atoms with Crippen molar-refractivity contribution in [3.8, 4) is 0 Å². The fourth-order valence-corrected chi connectivity index (χ4v) is 5.60. The maximum atomic E-state index is 12.7. The van der Waals surface area contributed by atoms with E-state index in [0.717, 1.165) is 29.5 Å². The molecule has 2 bridgehead atoms. The third-order valence-electron chi connectivity index (χ3n) is 7.24. The summed E-state index contributed by atoms with van der Waals surface area (Å²) in [5.41, 5.74) is 2.26. The lowest BCUT2D eigenvalue weighted by Crippen LogP contribution is -2.58. The second-order valence-corrected chi connectivity index (χ2v) is 9.94. The van der Waals surface area contributed by atoms with Crippen molar-refractivity contribution in [1.82, 2.24) is 9.78 Å². The van der Waals surface area contributed by atoms with Gasteiger partial charge in [0, 0.05) is 6.04 Å². The molecule has 3 aliphatic carbocycles. The minimum atomic E-state index is -0.118. The molecule has 1 N–H and O–H groups in total. The van der Waals surface area contributed by atoms with E-state index in [1.54, 1.807) is 6.20 Å². The van der Waals surface area contributed by atoms with E-state index in [4.69, 9.17) is 4.74 Å². The molecular formula is C23H30BrN3O2. The van der Waals surface area contributed by atoms with Crippen molar-refractivity contribution >= 4 is 21.6 Å². The van der Waals surface area contributed by atoms with Crippen LogP contribution in [0, 0.1) is 23.2 Å². The molecule has 29 heavy (non-hydrogen) atoms. The van der Waals surface area contributed by atoms with Crippen LogP contribution in [-0.2, 0) is 17.9 Å². The second-order valence-electron chi connectivity index (χ2n) is 9.14. The Labute approximate surface area is 181 Å². The van der Waals surface area contributed by atoms with Crippen LogP contribution in [-0.4, -0.2) is 22.4 Å². The van der Waals surface area contributed by atoms with Crippen LogP contribution < -0.4 is 10.9 Å². The van der Waals surface area contributed by atoms with E-state index in [1.807, 2.05) is 30.3 Å². The van der Waals surface area contributed by atoms with Crippen molar-refractivity contribution in [3.05, 3.63) is 56.9 Å². The van der Waals surface area contributed by atoms with Crippen LogP contribution in [0.25, 0.3) is 0 Å². The number of nitrogens with one attached hydrogen (secondary N) is 1. The van der Waals surface area contributed by atoms with Gasteiger partial charge in [-0.3, -0.25) is 4.79 Å². The van der Waals surface area contributed by atoms with Gasteiger partial charge >= 0.3 is 0 Å². The summed E-state index contributed by atoms with van der Waals surface area (Å²) < 4.78 is 7.71. The third-order valence-corrected chi connectivity index (χ3v) is 8.01. The maximum absolute atomic E-state index is 12.7. The van der Waals surface area contributed by atoms with E-state index < -0.39 is 0 Å². The van der Waals surface area contributed by atoms with Crippen LogP contribution in [0.2, 0.25) is 0 Å². The molecule has 3 fully saturated rings. The zero-order valence-corrected chi connectivity index (χ0v) is 19.0. The summed E-state index contributed by atoms with van der Waals surface area (Å²) in [5.74, 6) is 2.12. The first-order valence-corrected chi connectivity index (χ1v) is 11.3. The molecule has 3 saturated carbocycles.